The zero-order valence-electron chi connectivity index (χ0n) is 11.4. The first-order valence-corrected chi connectivity index (χ1v) is 6.82. The van der Waals surface area contributed by atoms with Crippen LogP contribution in [0.5, 0.6) is 0 Å². The topological polar surface area (TPSA) is 75.4 Å². The Kier molecular flexibility index (Phi) is 4.10. The van der Waals surface area contributed by atoms with Gasteiger partial charge in [0.2, 0.25) is 0 Å². The maximum absolute atomic E-state index is 12.2. The number of nitrogens with two attached hydrogens (primary N) is 1. The Morgan fingerprint density at radius 1 is 1.42 bits per heavy atom. The van der Waals surface area contributed by atoms with Crippen molar-refractivity contribution in [3.8, 4) is 0 Å². The molecule has 1 saturated carbocycles. The first kappa shape index (κ1) is 13.9. The minimum atomic E-state index is -0.121. The molecule has 1 aromatic rings. The molecule has 0 bridgehead atoms. The molecule has 1 aromatic carbocycles. The smallest absolute Gasteiger partial charge is 0.251 e. The Balaban J connectivity index is 2.03. The minimum absolute atomic E-state index is 0.107. The zero-order valence-corrected chi connectivity index (χ0v) is 11.4. The van der Waals surface area contributed by atoms with E-state index in [2.05, 4.69) is 5.32 Å². The van der Waals surface area contributed by atoms with Crippen molar-refractivity contribution in [3.63, 3.8) is 0 Å². The van der Waals surface area contributed by atoms with Crippen LogP contribution in [0, 0.1) is 12.3 Å². The number of nitrogen functional groups attached to an aromatic ring is 1. The summed E-state index contributed by atoms with van der Waals surface area (Å²) < 4.78 is 0. The van der Waals surface area contributed by atoms with Gasteiger partial charge in [-0.25, -0.2) is 0 Å². The van der Waals surface area contributed by atoms with Gasteiger partial charge in [0.05, 0.1) is 6.61 Å². The molecular weight excluding hydrogens is 240 g/mol. The predicted octanol–water partition coefficient (Wildman–Crippen LogP) is 1.86. The maximum Gasteiger partial charge on any atom is 0.251 e. The number of rotatable bonds is 4. The van der Waals surface area contributed by atoms with Gasteiger partial charge in [0, 0.05) is 23.2 Å². The molecule has 4 N–H and O–H groups in total. The van der Waals surface area contributed by atoms with Crippen LogP contribution < -0.4 is 11.1 Å². The van der Waals surface area contributed by atoms with E-state index < -0.39 is 0 Å². The van der Waals surface area contributed by atoms with Gasteiger partial charge in [0.1, 0.15) is 0 Å². The van der Waals surface area contributed by atoms with E-state index in [0.29, 0.717) is 17.8 Å². The van der Waals surface area contributed by atoms with Gasteiger partial charge in [0.15, 0.2) is 0 Å². The normalized spacial score (nSPS) is 17.4. The molecule has 0 heterocycles. The predicted molar refractivity (Wildman–Crippen MR) is 75.9 cm³/mol. The fraction of sp³-hybridized carbons (Fsp3) is 0.533. The van der Waals surface area contributed by atoms with E-state index in [4.69, 9.17) is 5.73 Å². The largest absolute Gasteiger partial charge is 0.398 e. The number of aliphatic hydroxyl groups excluding tert-OH is 1. The van der Waals surface area contributed by atoms with Crippen LogP contribution in [0.15, 0.2) is 18.2 Å². The molecule has 19 heavy (non-hydrogen) atoms. The minimum Gasteiger partial charge on any atom is -0.398 e. The number of carbonyl (C=O) groups is 1. The average Bonchev–Trinajstić information content (AvgIpc) is 2.89. The monoisotopic (exact) mass is 262 g/mol. The fourth-order valence-corrected chi connectivity index (χ4v) is 2.78. The summed E-state index contributed by atoms with van der Waals surface area (Å²) in [5.41, 5.74) is 7.74. The zero-order chi connectivity index (χ0) is 13.9. The summed E-state index contributed by atoms with van der Waals surface area (Å²) in [6.45, 7) is 2.53. The fourth-order valence-electron chi connectivity index (χ4n) is 2.78. The van der Waals surface area contributed by atoms with E-state index in [0.717, 1.165) is 31.2 Å². The summed E-state index contributed by atoms with van der Waals surface area (Å²) in [6, 6.07) is 5.36. The highest BCUT2D eigenvalue weighted by atomic mass is 16.3. The van der Waals surface area contributed by atoms with Crippen molar-refractivity contribution >= 4 is 11.6 Å². The summed E-state index contributed by atoms with van der Waals surface area (Å²) in [5.74, 6) is -0.107. The summed E-state index contributed by atoms with van der Waals surface area (Å²) in [5, 5.41) is 12.5. The molecule has 1 aliphatic carbocycles. The van der Waals surface area contributed by atoms with Gasteiger partial charge in [0.25, 0.3) is 5.91 Å². The molecule has 0 atom stereocenters. The third kappa shape index (κ3) is 2.89. The van der Waals surface area contributed by atoms with Gasteiger partial charge in [-0.2, -0.15) is 0 Å². The van der Waals surface area contributed by atoms with Crippen LogP contribution >= 0.6 is 0 Å². The quantitative estimate of drug-likeness (QED) is 0.725. The standard InChI is InChI=1S/C15H22N2O2/c1-11-12(5-4-6-13(11)16)14(19)17-9-15(10-18)7-2-3-8-15/h4-6,18H,2-3,7-10,16H2,1H3,(H,17,19). The molecule has 2 rings (SSSR count). The number of nitrogens with one attached hydrogen (secondary N) is 1. The summed E-state index contributed by atoms with van der Waals surface area (Å²) >= 11 is 0. The number of amides is 1. The van der Waals surface area contributed by atoms with Gasteiger partial charge in [-0.3, -0.25) is 4.79 Å². The van der Waals surface area contributed by atoms with Crippen molar-refractivity contribution < 1.29 is 9.90 Å². The SMILES string of the molecule is Cc1c(N)cccc1C(=O)NCC1(CO)CCCC1. The Hall–Kier alpha value is -1.55. The number of benzene rings is 1. The van der Waals surface area contributed by atoms with Gasteiger partial charge in [-0.05, 0) is 37.5 Å². The van der Waals surface area contributed by atoms with Crippen LogP contribution in [0.3, 0.4) is 0 Å². The van der Waals surface area contributed by atoms with Crippen molar-refractivity contribution in [2.24, 2.45) is 5.41 Å². The molecule has 104 valence electrons. The van der Waals surface area contributed by atoms with Crippen LogP contribution in [-0.4, -0.2) is 24.2 Å². The van der Waals surface area contributed by atoms with E-state index in [1.807, 2.05) is 6.92 Å². The van der Waals surface area contributed by atoms with Gasteiger partial charge in [-0.15, -0.1) is 0 Å². The number of anilines is 1. The lowest BCUT2D eigenvalue weighted by atomic mass is 9.87. The molecule has 1 fully saturated rings. The lowest BCUT2D eigenvalue weighted by Gasteiger charge is -2.26. The highest BCUT2D eigenvalue weighted by Crippen LogP contribution is 2.36. The second-order valence-corrected chi connectivity index (χ2v) is 5.57. The number of hydrogen-bond donors (Lipinski definition) is 3. The van der Waals surface area contributed by atoms with E-state index in [1.165, 1.54) is 0 Å². The molecule has 0 aromatic heterocycles. The van der Waals surface area contributed by atoms with Crippen LogP contribution in [0.25, 0.3) is 0 Å². The highest BCUT2D eigenvalue weighted by molar-refractivity contribution is 5.96. The van der Waals surface area contributed by atoms with Crippen LogP contribution in [0.2, 0.25) is 0 Å². The highest BCUT2D eigenvalue weighted by Gasteiger charge is 2.33. The van der Waals surface area contributed by atoms with Gasteiger partial charge < -0.3 is 16.2 Å². The van der Waals surface area contributed by atoms with Gasteiger partial charge in [-0.1, -0.05) is 18.9 Å². The van der Waals surface area contributed by atoms with Gasteiger partial charge >= 0.3 is 0 Å². The molecule has 1 aliphatic rings. The Bertz CT molecular complexity index is 465. The molecule has 1 amide bonds. The molecule has 4 heteroatoms. The lowest BCUT2D eigenvalue weighted by molar-refractivity contribution is 0.0880. The molecule has 0 saturated heterocycles. The van der Waals surface area contributed by atoms with Crippen molar-refractivity contribution in [1.29, 1.82) is 0 Å². The van der Waals surface area contributed by atoms with E-state index in [9.17, 15) is 9.90 Å². The molecule has 4 nitrogen and oxygen atoms in total. The maximum atomic E-state index is 12.2. The third-order valence-corrected chi connectivity index (χ3v) is 4.24. The summed E-state index contributed by atoms with van der Waals surface area (Å²) in [7, 11) is 0. The first-order chi connectivity index (χ1) is 9.08. The van der Waals surface area contributed by atoms with Crippen molar-refractivity contribution in [3.05, 3.63) is 29.3 Å². The molecule has 0 unspecified atom stereocenters. The number of hydrogen-bond acceptors (Lipinski definition) is 3. The molecular formula is C15H22N2O2. The van der Waals surface area contributed by atoms with Crippen LogP contribution in [-0.2, 0) is 0 Å². The van der Waals surface area contributed by atoms with E-state index in [1.54, 1.807) is 18.2 Å². The van der Waals surface area contributed by atoms with Crippen molar-refractivity contribution in [2.75, 3.05) is 18.9 Å². The van der Waals surface area contributed by atoms with E-state index in [-0.39, 0.29) is 17.9 Å². The first-order valence-electron chi connectivity index (χ1n) is 6.82. The van der Waals surface area contributed by atoms with Crippen molar-refractivity contribution in [2.45, 2.75) is 32.6 Å². The Morgan fingerprint density at radius 2 is 2.11 bits per heavy atom. The van der Waals surface area contributed by atoms with Crippen LogP contribution in [0.1, 0.15) is 41.6 Å². The second-order valence-electron chi connectivity index (χ2n) is 5.57. The average molecular weight is 262 g/mol. The number of aliphatic hydroxyl groups is 1. The summed E-state index contributed by atoms with van der Waals surface area (Å²) in [6.07, 6.45) is 4.24. The Labute approximate surface area is 114 Å². The second kappa shape index (κ2) is 5.61. The van der Waals surface area contributed by atoms with E-state index >= 15 is 0 Å². The van der Waals surface area contributed by atoms with Crippen molar-refractivity contribution in [1.82, 2.24) is 5.32 Å². The van der Waals surface area contributed by atoms with Crippen LogP contribution in [0.4, 0.5) is 5.69 Å². The lowest BCUT2D eigenvalue weighted by Crippen LogP contribution is -2.38. The molecule has 0 radical (unpaired) electrons. The number of carbonyl (C=O) groups excluding carboxylic acids is 1. The summed E-state index contributed by atoms with van der Waals surface area (Å²) in [4.78, 5) is 12.2. The molecule has 0 aliphatic heterocycles. The Morgan fingerprint density at radius 3 is 2.74 bits per heavy atom. The molecule has 0 spiro atoms. The third-order valence-electron chi connectivity index (χ3n) is 4.24.